The zero-order valence-corrected chi connectivity index (χ0v) is 13.0. The van der Waals surface area contributed by atoms with Crippen molar-refractivity contribution < 1.29 is 9.53 Å². The summed E-state index contributed by atoms with van der Waals surface area (Å²) < 4.78 is 6.55. The summed E-state index contributed by atoms with van der Waals surface area (Å²) in [5.74, 6) is 0.527. The van der Waals surface area contributed by atoms with Crippen molar-refractivity contribution in [2.24, 2.45) is 0 Å². The van der Waals surface area contributed by atoms with E-state index in [0.717, 1.165) is 6.42 Å². The largest absolute Gasteiger partial charge is 0.497 e. The summed E-state index contributed by atoms with van der Waals surface area (Å²) in [6, 6.07) is 10.1. The molecule has 2 aromatic rings. The molecule has 5 heteroatoms. The van der Waals surface area contributed by atoms with Gasteiger partial charge in [0.05, 0.1) is 12.7 Å². The van der Waals surface area contributed by atoms with E-state index in [1.54, 1.807) is 43.6 Å². The fourth-order valence-corrected chi connectivity index (χ4v) is 1.98. The van der Waals surface area contributed by atoms with Crippen LogP contribution in [0.4, 0.5) is 0 Å². The van der Waals surface area contributed by atoms with E-state index in [0.29, 0.717) is 17.0 Å². The predicted octanol–water partition coefficient (Wildman–Crippen LogP) is 2.37. The van der Waals surface area contributed by atoms with E-state index >= 15 is 0 Å². The molecule has 1 N–H and O–H groups in total. The number of benzene rings is 1. The third-order valence-corrected chi connectivity index (χ3v) is 3.51. The molecule has 22 heavy (non-hydrogen) atoms. The molecule has 0 aliphatic rings. The lowest BCUT2D eigenvalue weighted by Gasteiger charge is -2.13. The summed E-state index contributed by atoms with van der Waals surface area (Å²) in [4.78, 5) is 24.2. The Labute approximate surface area is 129 Å². The Morgan fingerprint density at radius 3 is 2.50 bits per heavy atom. The Hall–Kier alpha value is -2.56. The maximum atomic E-state index is 12.2. The summed E-state index contributed by atoms with van der Waals surface area (Å²) in [6.45, 7) is 3.95. The standard InChI is InChI=1S/C17H20N2O3/c1-4-12(2)18-17(21)13-5-10-16(20)19(11-13)14-6-8-15(22-3)9-7-14/h5-12H,4H2,1-3H3,(H,18,21)/t12-/m1/s1. The molecule has 116 valence electrons. The van der Waals surface area contributed by atoms with E-state index in [-0.39, 0.29) is 17.5 Å². The third kappa shape index (κ3) is 3.55. The number of carbonyl (C=O) groups excluding carboxylic acids is 1. The Kier molecular flexibility index (Phi) is 4.99. The summed E-state index contributed by atoms with van der Waals surface area (Å²) in [6.07, 6.45) is 2.41. The molecular weight excluding hydrogens is 280 g/mol. The Balaban J connectivity index is 2.33. The average molecular weight is 300 g/mol. The molecule has 0 bridgehead atoms. The third-order valence-electron chi connectivity index (χ3n) is 3.51. The topological polar surface area (TPSA) is 60.3 Å². The number of aromatic nitrogens is 1. The quantitative estimate of drug-likeness (QED) is 0.922. The fourth-order valence-electron chi connectivity index (χ4n) is 1.98. The summed E-state index contributed by atoms with van der Waals surface area (Å²) >= 11 is 0. The van der Waals surface area contributed by atoms with E-state index in [1.165, 1.54) is 10.6 Å². The van der Waals surface area contributed by atoms with Gasteiger partial charge in [-0.2, -0.15) is 0 Å². The normalized spacial score (nSPS) is 11.8. The number of ether oxygens (including phenoxy) is 1. The van der Waals surface area contributed by atoms with Crippen molar-refractivity contribution in [2.45, 2.75) is 26.3 Å². The molecule has 2 rings (SSSR count). The van der Waals surface area contributed by atoms with Crippen LogP contribution in [0.1, 0.15) is 30.6 Å². The van der Waals surface area contributed by atoms with Crippen LogP contribution >= 0.6 is 0 Å². The van der Waals surface area contributed by atoms with E-state index in [2.05, 4.69) is 5.32 Å². The molecule has 1 aromatic carbocycles. The molecule has 1 aromatic heterocycles. The van der Waals surface area contributed by atoms with Crippen molar-refractivity contribution in [3.8, 4) is 11.4 Å². The monoisotopic (exact) mass is 300 g/mol. The van der Waals surface area contributed by atoms with Crippen molar-refractivity contribution in [1.29, 1.82) is 0 Å². The number of nitrogens with one attached hydrogen (secondary N) is 1. The maximum absolute atomic E-state index is 12.2. The zero-order chi connectivity index (χ0) is 16.1. The molecule has 0 spiro atoms. The van der Waals surface area contributed by atoms with Crippen LogP contribution in [0.3, 0.4) is 0 Å². The van der Waals surface area contributed by atoms with Crippen LogP contribution in [0, 0.1) is 0 Å². The highest BCUT2D eigenvalue weighted by atomic mass is 16.5. The SMILES string of the molecule is CC[C@@H](C)NC(=O)c1ccc(=O)n(-c2ccc(OC)cc2)c1. The lowest BCUT2D eigenvalue weighted by atomic mass is 10.2. The van der Waals surface area contributed by atoms with Gasteiger partial charge in [-0.1, -0.05) is 6.92 Å². The zero-order valence-electron chi connectivity index (χ0n) is 13.0. The molecule has 0 fully saturated rings. The first-order valence-corrected chi connectivity index (χ1v) is 7.23. The van der Waals surface area contributed by atoms with Gasteiger partial charge < -0.3 is 10.1 Å². The van der Waals surface area contributed by atoms with E-state index < -0.39 is 0 Å². The van der Waals surface area contributed by atoms with E-state index in [1.807, 2.05) is 13.8 Å². The van der Waals surface area contributed by atoms with Gasteiger partial charge in [0, 0.05) is 24.0 Å². The maximum Gasteiger partial charge on any atom is 0.255 e. The van der Waals surface area contributed by atoms with Crippen molar-refractivity contribution in [2.75, 3.05) is 7.11 Å². The van der Waals surface area contributed by atoms with E-state index in [9.17, 15) is 9.59 Å². The van der Waals surface area contributed by atoms with Gasteiger partial charge in [0.25, 0.3) is 11.5 Å². The molecule has 5 nitrogen and oxygen atoms in total. The first-order valence-electron chi connectivity index (χ1n) is 7.23. The van der Waals surface area contributed by atoms with Crippen LogP contribution in [0.2, 0.25) is 0 Å². The Morgan fingerprint density at radius 2 is 1.91 bits per heavy atom. The second-order valence-corrected chi connectivity index (χ2v) is 5.11. The van der Waals surface area contributed by atoms with Gasteiger partial charge >= 0.3 is 0 Å². The van der Waals surface area contributed by atoms with Crippen LogP contribution in [0.5, 0.6) is 5.75 Å². The molecule has 0 aliphatic heterocycles. The van der Waals surface area contributed by atoms with Crippen LogP contribution < -0.4 is 15.6 Å². The first-order chi connectivity index (χ1) is 10.5. The molecule has 1 heterocycles. The number of methoxy groups -OCH3 is 1. The number of rotatable bonds is 5. The fraction of sp³-hybridized carbons (Fsp3) is 0.294. The highest BCUT2D eigenvalue weighted by Gasteiger charge is 2.10. The molecule has 0 saturated heterocycles. The highest BCUT2D eigenvalue weighted by Crippen LogP contribution is 2.14. The minimum absolute atomic E-state index is 0.0915. The molecule has 0 saturated carbocycles. The van der Waals surface area contributed by atoms with Crippen molar-refractivity contribution in [3.63, 3.8) is 0 Å². The van der Waals surface area contributed by atoms with Crippen LogP contribution in [-0.2, 0) is 0 Å². The molecular formula is C17H20N2O3. The number of hydrogen-bond donors (Lipinski definition) is 1. The molecule has 0 unspecified atom stereocenters. The number of nitrogens with zero attached hydrogens (tertiary/aromatic N) is 1. The van der Waals surface area contributed by atoms with E-state index in [4.69, 9.17) is 4.74 Å². The predicted molar refractivity (Wildman–Crippen MR) is 85.8 cm³/mol. The Morgan fingerprint density at radius 1 is 1.23 bits per heavy atom. The molecule has 1 amide bonds. The molecule has 0 radical (unpaired) electrons. The summed E-state index contributed by atoms with van der Waals surface area (Å²) in [5.41, 5.74) is 0.949. The first kappa shape index (κ1) is 15.8. The molecule has 0 aliphatic carbocycles. The second-order valence-electron chi connectivity index (χ2n) is 5.11. The van der Waals surface area contributed by atoms with Gasteiger partial charge in [-0.25, -0.2) is 0 Å². The van der Waals surface area contributed by atoms with Gasteiger partial charge in [0.1, 0.15) is 5.75 Å². The van der Waals surface area contributed by atoms with Crippen LogP contribution in [0.25, 0.3) is 5.69 Å². The number of amides is 1. The smallest absolute Gasteiger partial charge is 0.255 e. The molecule has 1 atom stereocenters. The lowest BCUT2D eigenvalue weighted by molar-refractivity contribution is 0.0938. The van der Waals surface area contributed by atoms with Gasteiger partial charge in [-0.3, -0.25) is 14.2 Å². The van der Waals surface area contributed by atoms with Gasteiger partial charge in [0.2, 0.25) is 0 Å². The number of hydrogen-bond acceptors (Lipinski definition) is 3. The lowest BCUT2D eigenvalue weighted by Crippen LogP contribution is -2.32. The van der Waals surface area contributed by atoms with Gasteiger partial charge in [-0.15, -0.1) is 0 Å². The minimum Gasteiger partial charge on any atom is -0.497 e. The van der Waals surface area contributed by atoms with Crippen molar-refractivity contribution in [1.82, 2.24) is 9.88 Å². The van der Waals surface area contributed by atoms with Crippen LogP contribution in [0.15, 0.2) is 47.4 Å². The van der Waals surface area contributed by atoms with Gasteiger partial charge in [-0.05, 0) is 43.7 Å². The summed E-state index contributed by atoms with van der Waals surface area (Å²) in [5, 5.41) is 2.89. The Bertz CT molecular complexity index is 705. The average Bonchev–Trinajstić information content (AvgIpc) is 2.55. The second kappa shape index (κ2) is 6.93. The summed E-state index contributed by atoms with van der Waals surface area (Å²) in [7, 11) is 1.58. The number of carbonyl (C=O) groups is 1. The van der Waals surface area contributed by atoms with Crippen LogP contribution in [-0.4, -0.2) is 23.6 Å². The number of pyridine rings is 1. The van der Waals surface area contributed by atoms with Crippen molar-refractivity contribution in [3.05, 3.63) is 58.5 Å². The van der Waals surface area contributed by atoms with Gasteiger partial charge in [0.15, 0.2) is 0 Å². The van der Waals surface area contributed by atoms with Crippen molar-refractivity contribution >= 4 is 5.91 Å². The highest BCUT2D eigenvalue weighted by molar-refractivity contribution is 5.94. The minimum atomic E-state index is -0.190.